The highest BCUT2D eigenvalue weighted by molar-refractivity contribution is 5.89. The lowest BCUT2D eigenvalue weighted by Crippen LogP contribution is -2.29. The van der Waals surface area contributed by atoms with Gasteiger partial charge in [0, 0.05) is 31.7 Å². The molecule has 4 rings (SSSR count). The third-order valence-corrected chi connectivity index (χ3v) is 5.11. The number of carbonyl (C=O) groups is 2. The van der Waals surface area contributed by atoms with Crippen LogP contribution in [0.2, 0.25) is 0 Å². The normalized spacial score (nSPS) is 20.7. The maximum Gasteiger partial charge on any atom is 0.253 e. The number of hydrogen-bond acceptors (Lipinski definition) is 2. The number of carbonyl (C=O) groups excluding carboxylic acids is 2. The van der Waals surface area contributed by atoms with Gasteiger partial charge in [0.25, 0.3) is 5.91 Å². The Morgan fingerprint density at radius 1 is 1.15 bits per heavy atom. The molecule has 2 aromatic rings. The predicted molar refractivity (Wildman–Crippen MR) is 98.1 cm³/mol. The van der Waals surface area contributed by atoms with Crippen molar-refractivity contribution < 1.29 is 9.59 Å². The third-order valence-electron chi connectivity index (χ3n) is 5.11. The largest absolute Gasteiger partial charge is 0.339 e. The molecule has 2 aliphatic rings. The highest BCUT2D eigenvalue weighted by Gasteiger charge is 2.41. The minimum absolute atomic E-state index is 0.0987. The van der Waals surface area contributed by atoms with Crippen LogP contribution in [0.15, 0.2) is 53.7 Å². The number of aryl methyl sites for hydroxylation is 1. The van der Waals surface area contributed by atoms with E-state index in [2.05, 4.69) is 36.2 Å². The lowest BCUT2D eigenvalue weighted by molar-refractivity contribution is -0.128. The lowest BCUT2D eigenvalue weighted by atomic mass is 10.1. The number of nitrogens with zero attached hydrogens (tertiary/aromatic N) is 3. The quantitative estimate of drug-likeness (QED) is 0.850. The monoisotopic (exact) mass is 349 g/mol. The Morgan fingerprint density at radius 2 is 1.92 bits per heavy atom. The fourth-order valence-corrected chi connectivity index (χ4v) is 3.43. The second kappa shape index (κ2) is 6.90. The van der Waals surface area contributed by atoms with Crippen LogP contribution < -0.4 is 5.49 Å². The van der Waals surface area contributed by atoms with Crippen LogP contribution >= 0.6 is 0 Å². The van der Waals surface area contributed by atoms with Crippen LogP contribution in [0, 0.1) is 12.8 Å². The van der Waals surface area contributed by atoms with E-state index in [9.17, 15) is 9.59 Å². The summed E-state index contributed by atoms with van der Waals surface area (Å²) in [6.45, 7) is 3.24. The Hall–Kier alpha value is -2.69. The van der Waals surface area contributed by atoms with E-state index in [4.69, 9.17) is 0 Å². The van der Waals surface area contributed by atoms with E-state index in [1.165, 1.54) is 5.56 Å². The van der Waals surface area contributed by atoms with Gasteiger partial charge in [-0.2, -0.15) is 4.99 Å². The summed E-state index contributed by atoms with van der Waals surface area (Å²) in [6.07, 6.45) is 4.37. The average molecular weight is 349 g/mol. The lowest BCUT2D eigenvalue weighted by Gasteiger charge is -2.14. The number of pyridine rings is 1. The first kappa shape index (κ1) is 16.8. The van der Waals surface area contributed by atoms with Crippen LogP contribution in [0.5, 0.6) is 0 Å². The van der Waals surface area contributed by atoms with Gasteiger partial charge in [0.15, 0.2) is 0 Å². The molecule has 1 aliphatic carbocycles. The molecule has 1 saturated carbocycles. The first-order chi connectivity index (χ1) is 12.6. The zero-order valence-electron chi connectivity index (χ0n) is 15.0. The summed E-state index contributed by atoms with van der Waals surface area (Å²) in [5.41, 5.74) is 3.01. The van der Waals surface area contributed by atoms with Gasteiger partial charge in [-0.3, -0.25) is 9.59 Å². The summed E-state index contributed by atoms with van der Waals surface area (Å²) in [6, 6.07) is 14.4. The minimum Gasteiger partial charge on any atom is -0.339 e. The fourth-order valence-electron chi connectivity index (χ4n) is 3.43. The summed E-state index contributed by atoms with van der Waals surface area (Å²) in [5.74, 6) is -0.400. The van der Waals surface area contributed by atoms with Gasteiger partial charge in [0.2, 0.25) is 5.91 Å². The molecule has 1 atom stereocenters. The molecule has 2 heterocycles. The van der Waals surface area contributed by atoms with Crippen molar-refractivity contribution in [2.75, 3.05) is 6.54 Å². The molecule has 0 radical (unpaired) electrons. The van der Waals surface area contributed by atoms with Crippen LogP contribution in [-0.2, 0) is 16.1 Å². The molecule has 5 heteroatoms. The smallest absolute Gasteiger partial charge is 0.253 e. The molecule has 1 aromatic carbocycles. The molecule has 0 N–H and O–H groups in total. The molecular weight excluding hydrogens is 326 g/mol. The molecule has 2 fully saturated rings. The van der Waals surface area contributed by atoms with Gasteiger partial charge in [-0.25, -0.2) is 0 Å². The Bertz CT molecular complexity index is 894. The van der Waals surface area contributed by atoms with Crippen molar-refractivity contribution in [2.24, 2.45) is 10.9 Å². The van der Waals surface area contributed by atoms with Crippen molar-refractivity contribution in [1.82, 2.24) is 9.47 Å². The second-order valence-corrected chi connectivity index (χ2v) is 7.30. The highest BCUT2D eigenvalue weighted by Crippen LogP contribution is 2.32. The first-order valence-electron chi connectivity index (χ1n) is 9.19. The first-order valence-corrected chi connectivity index (χ1v) is 9.19. The van der Waals surface area contributed by atoms with Crippen LogP contribution in [0.4, 0.5) is 0 Å². The maximum absolute atomic E-state index is 12.6. The van der Waals surface area contributed by atoms with E-state index >= 15 is 0 Å². The Labute approximate surface area is 153 Å². The van der Waals surface area contributed by atoms with Crippen LogP contribution in [0.1, 0.15) is 30.4 Å². The van der Waals surface area contributed by atoms with E-state index in [1.54, 1.807) is 0 Å². The molecule has 1 aromatic heterocycles. The van der Waals surface area contributed by atoms with Gasteiger partial charge < -0.3 is 9.47 Å². The molecule has 134 valence electrons. The van der Waals surface area contributed by atoms with Crippen molar-refractivity contribution in [3.05, 3.63) is 65.3 Å². The Kier molecular flexibility index (Phi) is 4.45. The van der Waals surface area contributed by atoms with E-state index < -0.39 is 0 Å². The summed E-state index contributed by atoms with van der Waals surface area (Å²) >= 11 is 0. The van der Waals surface area contributed by atoms with Crippen LogP contribution in [0.3, 0.4) is 0 Å². The molecule has 1 saturated heterocycles. The highest BCUT2D eigenvalue weighted by atomic mass is 16.2. The zero-order chi connectivity index (χ0) is 18.1. The van der Waals surface area contributed by atoms with Crippen LogP contribution in [0.25, 0.3) is 0 Å². The van der Waals surface area contributed by atoms with Gasteiger partial charge >= 0.3 is 0 Å². The minimum atomic E-state index is -0.309. The van der Waals surface area contributed by atoms with Gasteiger partial charge in [-0.1, -0.05) is 35.9 Å². The van der Waals surface area contributed by atoms with Gasteiger partial charge in [0.05, 0.1) is 5.92 Å². The summed E-state index contributed by atoms with van der Waals surface area (Å²) in [5, 5.41) is 0. The van der Waals surface area contributed by atoms with Crippen molar-refractivity contribution in [1.29, 1.82) is 0 Å². The number of benzene rings is 1. The van der Waals surface area contributed by atoms with Gasteiger partial charge in [-0.05, 0) is 37.5 Å². The van der Waals surface area contributed by atoms with Crippen molar-refractivity contribution in [3.8, 4) is 0 Å². The second-order valence-electron chi connectivity index (χ2n) is 7.30. The molecule has 1 aliphatic heterocycles. The van der Waals surface area contributed by atoms with E-state index in [0.29, 0.717) is 31.0 Å². The third kappa shape index (κ3) is 3.62. The number of aromatic nitrogens is 1. The summed E-state index contributed by atoms with van der Waals surface area (Å²) in [4.78, 5) is 30.9. The van der Waals surface area contributed by atoms with Crippen molar-refractivity contribution in [2.45, 2.75) is 38.8 Å². The number of likely N-dealkylation sites (tertiary alicyclic amines) is 1. The van der Waals surface area contributed by atoms with E-state index in [0.717, 1.165) is 18.4 Å². The fraction of sp³-hybridized carbons (Fsp3) is 0.381. The number of rotatable bonds is 4. The molecular formula is C21H23N3O2. The van der Waals surface area contributed by atoms with Crippen molar-refractivity contribution >= 4 is 11.8 Å². The van der Waals surface area contributed by atoms with E-state index in [1.807, 2.05) is 33.9 Å². The SMILES string of the molecule is Cc1ccc(Cn2ccccc2=NC(=O)[C@H]2CC(=O)N(C3CC3)C2)cc1. The molecule has 5 nitrogen and oxygen atoms in total. The van der Waals surface area contributed by atoms with Crippen molar-refractivity contribution in [3.63, 3.8) is 0 Å². The summed E-state index contributed by atoms with van der Waals surface area (Å²) < 4.78 is 1.97. The van der Waals surface area contributed by atoms with E-state index in [-0.39, 0.29) is 17.7 Å². The Morgan fingerprint density at radius 3 is 2.65 bits per heavy atom. The van der Waals surface area contributed by atoms with Gasteiger partial charge in [-0.15, -0.1) is 0 Å². The number of hydrogen-bond donors (Lipinski definition) is 0. The predicted octanol–water partition coefficient (Wildman–Crippen LogP) is 2.28. The maximum atomic E-state index is 12.6. The average Bonchev–Trinajstić information content (AvgIpc) is 3.40. The van der Waals surface area contributed by atoms with Crippen LogP contribution in [-0.4, -0.2) is 33.9 Å². The number of amides is 2. The molecule has 0 spiro atoms. The summed E-state index contributed by atoms with van der Waals surface area (Å²) in [7, 11) is 0. The Balaban J connectivity index is 1.54. The zero-order valence-corrected chi connectivity index (χ0v) is 15.0. The molecule has 26 heavy (non-hydrogen) atoms. The topological polar surface area (TPSA) is 54.7 Å². The molecule has 0 unspecified atom stereocenters. The molecule has 2 amide bonds. The van der Waals surface area contributed by atoms with Gasteiger partial charge in [0.1, 0.15) is 5.49 Å². The standard InChI is InChI=1S/C21H23N3O2/c1-15-5-7-16(8-6-15)13-23-11-3-2-4-19(23)22-21(26)17-12-20(25)24(14-17)18-9-10-18/h2-8,11,17-18H,9-10,12-14H2,1H3/t17-/m0/s1. The molecule has 0 bridgehead atoms.